The van der Waals surface area contributed by atoms with Gasteiger partial charge in [0.05, 0.1) is 0 Å². The van der Waals surface area contributed by atoms with Crippen LogP contribution in [-0.4, -0.2) is 42.6 Å². The Kier molecular flexibility index (Phi) is 6.25. The highest BCUT2D eigenvalue weighted by molar-refractivity contribution is 5.79. The monoisotopic (exact) mass is 327 g/mol. The van der Waals surface area contributed by atoms with Crippen molar-refractivity contribution in [2.75, 3.05) is 19.6 Å². The molecule has 0 aromatic carbocycles. The minimum atomic E-state index is -1.59. The highest BCUT2D eigenvalue weighted by Gasteiger charge is 2.32. The Morgan fingerprint density at radius 2 is 1.78 bits per heavy atom. The van der Waals surface area contributed by atoms with Gasteiger partial charge in [-0.3, -0.25) is 4.79 Å². The van der Waals surface area contributed by atoms with Crippen molar-refractivity contribution in [2.45, 2.75) is 64.5 Å². The second-order valence-electron chi connectivity index (χ2n) is 7.51. The molecule has 2 fully saturated rings. The standard InChI is InChI=1S/C17H30FN3O2/c1-17(8-4-2-3-5-9-17)12-20-16(23)21-10-6-13(7-11-21)14(18)15(19)22/h13-14H,2-12H2,1H3,(H2,19,22)(H,20,23). The summed E-state index contributed by atoms with van der Waals surface area (Å²) < 4.78 is 13.6. The number of urea groups is 1. The first-order chi connectivity index (χ1) is 10.9. The van der Waals surface area contributed by atoms with E-state index in [1.54, 1.807) is 4.90 Å². The van der Waals surface area contributed by atoms with E-state index in [0.29, 0.717) is 32.5 Å². The van der Waals surface area contributed by atoms with Gasteiger partial charge in [0, 0.05) is 25.6 Å². The average molecular weight is 327 g/mol. The van der Waals surface area contributed by atoms with Crippen LogP contribution in [0.15, 0.2) is 0 Å². The van der Waals surface area contributed by atoms with Crippen molar-refractivity contribution in [3.05, 3.63) is 0 Å². The molecular weight excluding hydrogens is 297 g/mol. The van der Waals surface area contributed by atoms with Crippen molar-refractivity contribution in [1.29, 1.82) is 0 Å². The molecule has 1 unspecified atom stereocenters. The van der Waals surface area contributed by atoms with E-state index in [9.17, 15) is 14.0 Å². The first-order valence-corrected chi connectivity index (χ1v) is 8.87. The molecule has 1 saturated carbocycles. The number of alkyl halides is 1. The zero-order valence-electron chi connectivity index (χ0n) is 14.2. The fourth-order valence-corrected chi connectivity index (χ4v) is 3.79. The number of carbonyl (C=O) groups excluding carboxylic acids is 2. The third-order valence-electron chi connectivity index (χ3n) is 5.49. The van der Waals surface area contributed by atoms with E-state index in [0.717, 1.165) is 12.8 Å². The predicted molar refractivity (Wildman–Crippen MR) is 87.6 cm³/mol. The van der Waals surface area contributed by atoms with Crippen LogP contribution in [0.4, 0.5) is 9.18 Å². The van der Waals surface area contributed by atoms with Crippen LogP contribution in [0.5, 0.6) is 0 Å². The van der Waals surface area contributed by atoms with Crippen molar-refractivity contribution < 1.29 is 14.0 Å². The number of primary amides is 1. The molecule has 1 aliphatic heterocycles. The van der Waals surface area contributed by atoms with Crippen molar-refractivity contribution >= 4 is 11.9 Å². The van der Waals surface area contributed by atoms with Gasteiger partial charge >= 0.3 is 6.03 Å². The summed E-state index contributed by atoms with van der Waals surface area (Å²) in [6.07, 6.45) is 6.79. The third-order valence-corrected chi connectivity index (χ3v) is 5.49. The van der Waals surface area contributed by atoms with Crippen LogP contribution >= 0.6 is 0 Å². The molecule has 0 aromatic heterocycles. The number of halogens is 1. The molecule has 6 heteroatoms. The number of hydrogen-bond donors (Lipinski definition) is 2. The normalized spacial score (nSPS) is 23.8. The molecule has 3 N–H and O–H groups in total. The Bertz CT molecular complexity index is 414. The number of amides is 3. The molecule has 23 heavy (non-hydrogen) atoms. The SMILES string of the molecule is CC1(CNC(=O)N2CCC(C(F)C(N)=O)CC2)CCCCCC1. The fraction of sp³-hybridized carbons (Fsp3) is 0.882. The summed E-state index contributed by atoms with van der Waals surface area (Å²) in [6, 6.07) is -0.0663. The first-order valence-electron chi connectivity index (χ1n) is 8.87. The Labute approximate surface area is 138 Å². The van der Waals surface area contributed by atoms with Crippen LogP contribution in [0.3, 0.4) is 0 Å². The van der Waals surface area contributed by atoms with E-state index in [1.807, 2.05) is 0 Å². The van der Waals surface area contributed by atoms with Gasteiger partial charge in [-0.15, -0.1) is 0 Å². The molecule has 0 bridgehead atoms. The molecule has 2 rings (SSSR count). The summed E-state index contributed by atoms with van der Waals surface area (Å²) in [5.41, 5.74) is 5.21. The Hall–Kier alpha value is -1.33. The quantitative estimate of drug-likeness (QED) is 0.779. The highest BCUT2D eigenvalue weighted by atomic mass is 19.1. The highest BCUT2D eigenvalue weighted by Crippen LogP contribution is 2.33. The van der Waals surface area contributed by atoms with Crippen molar-refractivity contribution in [3.8, 4) is 0 Å². The molecule has 1 saturated heterocycles. The summed E-state index contributed by atoms with van der Waals surface area (Å²) in [6.45, 7) is 3.94. The number of rotatable bonds is 4. The lowest BCUT2D eigenvalue weighted by Crippen LogP contribution is -2.48. The molecule has 0 radical (unpaired) electrons. The van der Waals surface area contributed by atoms with Crippen LogP contribution in [0, 0.1) is 11.3 Å². The molecule has 1 aliphatic carbocycles. The second-order valence-corrected chi connectivity index (χ2v) is 7.51. The molecule has 3 amide bonds. The molecule has 0 aromatic rings. The minimum absolute atomic E-state index is 0.0663. The van der Waals surface area contributed by atoms with E-state index < -0.39 is 12.1 Å². The van der Waals surface area contributed by atoms with Gasteiger partial charge in [-0.05, 0) is 31.1 Å². The largest absolute Gasteiger partial charge is 0.367 e. The maximum atomic E-state index is 13.6. The summed E-state index contributed by atoms with van der Waals surface area (Å²) in [7, 11) is 0. The zero-order valence-corrected chi connectivity index (χ0v) is 14.2. The maximum absolute atomic E-state index is 13.6. The van der Waals surface area contributed by atoms with Gasteiger partial charge in [-0.25, -0.2) is 9.18 Å². The lowest BCUT2D eigenvalue weighted by molar-refractivity contribution is -0.125. The van der Waals surface area contributed by atoms with Gasteiger partial charge in [0.15, 0.2) is 6.17 Å². The van der Waals surface area contributed by atoms with Crippen LogP contribution < -0.4 is 11.1 Å². The molecule has 1 heterocycles. The van der Waals surface area contributed by atoms with E-state index in [2.05, 4.69) is 12.2 Å². The fourth-order valence-electron chi connectivity index (χ4n) is 3.79. The van der Waals surface area contributed by atoms with Crippen LogP contribution in [0.25, 0.3) is 0 Å². The number of carbonyl (C=O) groups is 2. The molecule has 0 spiro atoms. The molecule has 1 atom stereocenters. The first kappa shape index (κ1) is 18.0. The Morgan fingerprint density at radius 1 is 1.22 bits per heavy atom. The van der Waals surface area contributed by atoms with Crippen LogP contribution in [-0.2, 0) is 4.79 Å². The third kappa shape index (κ3) is 5.08. The van der Waals surface area contributed by atoms with Gasteiger partial charge in [-0.2, -0.15) is 0 Å². The molecule has 2 aliphatic rings. The predicted octanol–water partition coefficient (Wildman–Crippen LogP) is 2.59. The van der Waals surface area contributed by atoms with Crippen LogP contribution in [0.1, 0.15) is 58.3 Å². The topological polar surface area (TPSA) is 75.4 Å². The number of nitrogens with two attached hydrogens (primary N) is 1. The Morgan fingerprint density at radius 3 is 2.30 bits per heavy atom. The van der Waals surface area contributed by atoms with Gasteiger partial charge in [0.2, 0.25) is 0 Å². The number of nitrogens with one attached hydrogen (secondary N) is 1. The number of piperidine rings is 1. The molecular formula is C17H30FN3O2. The summed E-state index contributed by atoms with van der Waals surface area (Å²) >= 11 is 0. The average Bonchev–Trinajstić information content (AvgIpc) is 2.77. The minimum Gasteiger partial charge on any atom is -0.367 e. The van der Waals surface area contributed by atoms with Gasteiger partial charge < -0.3 is 16.0 Å². The summed E-state index contributed by atoms with van der Waals surface area (Å²) in [5.74, 6) is -1.25. The summed E-state index contributed by atoms with van der Waals surface area (Å²) in [5, 5.41) is 3.06. The molecule has 5 nitrogen and oxygen atoms in total. The van der Waals surface area contributed by atoms with E-state index in [4.69, 9.17) is 5.73 Å². The molecule has 132 valence electrons. The lowest BCUT2D eigenvalue weighted by Gasteiger charge is -2.34. The van der Waals surface area contributed by atoms with Crippen LogP contribution in [0.2, 0.25) is 0 Å². The van der Waals surface area contributed by atoms with Crippen molar-refractivity contribution in [3.63, 3.8) is 0 Å². The zero-order chi connectivity index (χ0) is 16.9. The summed E-state index contributed by atoms with van der Waals surface area (Å²) in [4.78, 5) is 24.9. The number of likely N-dealkylation sites (tertiary alicyclic amines) is 1. The number of nitrogens with zero attached hydrogens (tertiary/aromatic N) is 1. The maximum Gasteiger partial charge on any atom is 0.317 e. The van der Waals surface area contributed by atoms with E-state index in [-0.39, 0.29) is 17.4 Å². The van der Waals surface area contributed by atoms with Crippen molar-refractivity contribution in [2.24, 2.45) is 17.1 Å². The smallest absolute Gasteiger partial charge is 0.317 e. The van der Waals surface area contributed by atoms with E-state index >= 15 is 0 Å². The van der Waals surface area contributed by atoms with Gasteiger partial charge in [-0.1, -0.05) is 32.6 Å². The van der Waals surface area contributed by atoms with Crippen molar-refractivity contribution in [1.82, 2.24) is 10.2 Å². The van der Waals surface area contributed by atoms with Gasteiger partial charge in [0.25, 0.3) is 5.91 Å². The van der Waals surface area contributed by atoms with Gasteiger partial charge in [0.1, 0.15) is 0 Å². The number of hydrogen-bond acceptors (Lipinski definition) is 2. The lowest BCUT2D eigenvalue weighted by atomic mass is 9.82. The van der Waals surface area contributed by atoms with E-state index in [1.165, 1.54) is 25.7 Å². The second kappa shape index (κ2) is 7.97. The Balaban J connectivity index is 1.75.